The van der Waals surface area contributed by atoms with Crippen molar-refractivity contribution in [2.45, 2.75) is 39.2 Å². The quantitative estimate of drug-likeness (QED) is 0.841. The summed E-state index contributed by atoms with van der Waals surface area (Å²) < 4.78 is 5.45. The number of amides is 1. The summed E-state index contributed by atoms with van der Waals surface area (Å²) in [6, 6.07) is 7.72. The molecular weight excluding hydrogens is 278 g/mol. The molecule has 0 unspecified atom stereocenters. The van der Waals surface area contributed by atoms with Gasteiger partial charge in [-0.2, -0.15) is 0 Å². The first kappa shape index (κ1) is 16.5. The van der Waals surface area contributed by atoms with Gasteiger partial charge in [0.1, 0.15) is 5.60 Å². The first-order valence-corrected chi connectivity index (χ1v) is 7.91. The molecule has 1 aliphatic rings. The minimum Gasteiger partial charge on any atom is -0.444 e. The molecule has 1 aromatic carbocycles. The van der Waals surface area contributed by atoms with Gasteiger partial charge in [0.25, 0.3) is 0 Å². The van der Waals surface area contributed by atoms with Crippen molar-refractivity contribution in [3.05, 3.63) is 24.3 Å². The van der Waals surface area contributed by atoms with Crippen LogP contribution in [-0.2, 0) is 4.74 Å². The summed E-state index contributed by atoms with van der Waals surface area (Å²) in [4.78, 5) is 14.0. The molecule has 5 nitrogen and oxygen atoms in total. The van der Waals surface area contributed by atoms with Crippen LogP contribution < -0.4 is 11.1 Å². The second-order valence-corrected chi connectivity index (χ2v) is 6.94. The van der Waals surface area contributed by atoms with E-state index in [1.54, 1.807) is 0 Å². The van der Waals surface area contributed by atoms with Gasteiger partial charge < -0.3 is 20.7 Å². The summed E-state index contributed by atoms with van der Waals surface area (Å²) >= 11 is 0. The van der Waals surface area contributed by atoms with Gasteiger partial charge >= 0.3 is 6.09 Å². The summed E-state index contributed by atoms with van der Waals surface area (Å²) in [5.41, 5.74) is 7.07. The molecule has 1 fully saturated rings. The number of benzene rings is 1. The predicted octanol–water partition coefficient (Wildman–Crippen LogP) is 3.33. The Hall–Kier alpha value is -1.91. The summed E-state index contributed by atoms with van der Waals surface area (Å²) in [7, 11) is 0. The van der Waals surface area contributed by atoms with Crippen LogP contribution in [0.15, 0.2) is 24.3 Å². The normalized spacial score (nSPS) is 18.9. The molecule has 3 N–H and O–H groups in total. The highest BCUT2D eigenvalue weighted by Gasteiger charge is 2.27. The zero-order valence-corrected chi connectivity index (χ0v) is 13.8. The summed E-state index contributed by atoms with van der Waals surface area (Å²) in [6.07, 6.45) is 1.94. The number of anilines is 2. The molecule has 122 valence electrons. The van der Waals surface area contributed by atoms with Gasteiger partial charge in [0.15, 0.2) is 0 Å². The third kappa shape index (κ3) is 5.13. The molecule has 0 radical (unpaired) electrons. The zero-order chi connectivity index (χ0) is 16.2. The van der Waals surface area contributed by atoms with Crippen molar-refractivity contribution in [1.82, 2.24) is 4.90 Å². The maximum atomic E-state index is 12.1. The van der Waals surface area contributed by atoms with E-state index in [1.807, 2.05) is 49.9 Å². The molecule has 1 amide bonds. The van der Waals surface area contributed by atoms with Gasteiger partial charge in [-0.05, 0) is 63.8 Å². The number of rotatable bonds is 3. The maximum Gasteiger partial charge on any atom is 0.410 e. The second kappa shape index (κ2) is 6.90. The molecule has 0 bridgehead atoms. The molecule has 22 heavy (non-hydrogen) atoms. The van der Waals surface area contributed by atoms with E-state index in [4.69, 9.17) is 10.5 Å². The fourth-order valence-electron chi connectivity index (χ4n) is 2.59. The molecule has 0 spiro atoms. The van der Waals surface area contributed by atoms with E-state index in [0.717, 1.165) is 43.9 Å². The summed E-state index contributed by atoms with van der Waals surface area (Å²) in [6.45, 7) is 8.08. The minimum absolute atomic E-state index is 0.204. The number of carbonyl (C=O) groups is 1. The lowest BCUT2D eigenvalue weighted by Gasteiger charge is -2.34. The monoisotopic (exact) mass is 305 g/mol. The van der Waals surface area contributed by atoms with Crippen LogP contribution >= 0.6 is 0 Å². The standard InChI is InChI=1S/C17H27N3O2/c1-17(2,3)22-16(21)20-10-4-5-13(12-20)11-19-15-8-6-14(18)7-9-15/h6-9,13,19H,4-5,10-12,18H2,1-3H3/t13-/m0/s1. The Labute approximate surface area is 132 Å². The van der Waals surface area contributed by atoms with Crippen LogP contribution in [0.25, 0.3) is 0 Å². The van der Waals surface area contributed by atoms with Gasteiger partial charge in [0.05, 0.1) is 0 Å². The molecule has 2 rings (SSSR count). The highest BCUT2D eigenvalue weighted by molar-refractivity contribution is 5.68. The van der Waals surface area contributed by atoms with Crippen molar-refractivity contribution in [2.24, 2.45) is 5.92 Å². The number of carbonyl (C=O) groups excluding carboxylic acids is 1. The number of nitrogens with one attached hydrogen (secondary N) is 1. The molecule has 1 aromatic rings. The molecule has 1 saturated heterocycles. The Bertz CT molecular complexity index is 494. The fourth-order valence-corrected chi connectivity index (χ4v) is 2.59. The molecule has 1 atom stereocenters. The lowest BCUT2D eigenvalue weighted by Crippen LogP contribution is -2.44. The number of hydrogen-bond donors (Lipinski definition) is 2. The van der Waals surface area contributed by atoms with E-state index < -0.39 is 5.60 Å². The highest BCUT2D eigenvalue weighted by Crippen LogP contribution is 2.20. The van der Waals surface area contributed by atoms with Crippen LogP contribution in [0.3, 0.4) is 0 Å². The molecular formula is C17H27N3O2. The van der Waals surface area contributed by atoms with E-state index in [2.05, 4.69) is 5.32 Å². The van der Waals surface area contributed by atoms with Gasteiger partial charge in [-0.3, -0.25) is 0 Å². The Kier molecular flexibility index (Phi) is 5.16. The smallest absolute Gasteiger partial charge is 0.410 e. The van der Waals surface area contributed by atoms with Crippen molar-refractivity contribution >= 4 is 17.5 Å². The Morgan fingerprint density at radius 1 is 1.36 bits per heavy atom. The third-order valence-electron chi connectivity index (χ3n) is 3.68. The van der Waals surface area contributed by atoms with E-state index >= 15 is 0 Å². The third-order valence-corrected chi connectivity index (χ3v) is 3.68. The van der Waals surface area contributed by atoms with Crippen LogP contribution in [0.4, 0.5) is 16.2 Å². The maximum absolute atomic E-state index is 12.1. The zero-order valence-electron chi connectivity index (χ0n) is 13.8. The van der Waals surface area contributed by atoms with Gasteiger partial charge in [-0.25, -0.2) is 4.79 Å². The Morgan fingerprint density at radius 2 is 2.05 bits per heavy atom. The topological polar surface area (TPSA) is 67.6 Å². The van der Waals surface area contributed by atoms with Crippen LogP contribution in [0, 0.1) is 5.92 Å². The molecule has 0 saturated carbocycles. The molecule has 1 aliphatic heterocycles. The predicted molar refractivity (Wildman–Crippen MR) is 89.9 cm³/mol. The summed E-state index contributed by atoms with van der Waals surface area (Å²) in [5.74, 6) is 0.443. The van der Waals surface area contributed by atoms with Crippen LogP contribution in [0.1, 0.15) is 33.6 Å². The first-order valence-electron chi connectivity index (χ1n) is 7.91. The van der Waals surface area contributed by atoms with Crippen LogP contribution in [0.2, 0.25) is 0 Å². The molecule has 5 heteroatoms. The average Bonchev–Trinajstić information content (AvgIpc) is 2.45. The molecule has 1 heterocycles. The highest BCUT2D eigenvalue weighted by atomic mass is 16.6. The van der Waals surface area contributed by atoms with Crippen molar-refractivity contribution < 1.29 is 9.53 Å². The van der Waals surface area contributed by atoms with E-state index in [0.29, 0.717) is 5.92 Å². The lowest BCUT2D eigenvalue weighted by molar-refractivity contribution is 0.0172. The lowest BCUT2D eigenvalue weighted by atomic mass is 9.98. The fraction of sp³-hybridized carbons (Fsp3) is 0.588. The number of ether oxygens (including phenoxy) is 1. The number of piperidine rings is 1. The Morgan fingerprint density at radius 3 is 2.68 bits per heavy atom. The second-order valence-electron chi connectivity index (χ2n) is 6.94. The van der Waals surface area contributed by atoms with E-state index in [-0.39, 0.29) is 6.09 Å². The molecule has 0 aliphatic carbocycles. The van der Waals surface area contributed by atoms with Crippen molar-refractivity contribution in [3.63, 3.8) is 0 Å². The first-order chi connectivity index (χ1) is 10.3. The van der Waals surface area contributed by atoms with Gasteiger partial charge in [0, 0.05) is 31.0 Å². The van der Waals surface area contributed by atoms with Gasteiger partial charge in [-0.15, -0.1) is 0 Å². The van der Waals surface area contributed by atoms with Crippen molar-refractivity contribution in [3.8, 4) is 0 Å². The van der Waals surface area contributed by atoms with Crippen LogP contribution in [0.5, 0.6) is 0 Å². The van der Waals surface area contributed by atoms with Gasteiger partial charge in [0.2, 0.25) is 0 Å². The Balaban J connectivity index is 1.82. The van der Waals surface area contributed by atoms with E-state index in [1.165, 1.54) is 0 Å². The number of likely N-dealkylation sites (tertiary alicyclic amines) is 1. The van der Waals surface area contributed by atoms with Gasteiger partial charge in [-0.1, -0.05) is 0 Å². The SMILES string of the molecule is CC(C)(C)OC(=O)N1CCC[C@@H](CNc2ccc(N)cc2)C1. The largest absolute Gasteiger partial charge is 0.444 e. The average molecular weight is 305 g/mol. The van der Waals surface area contributed by atoms with Crippen molar-refractivity contribution in [2.75, 3.05) is 30.7 Å². The van der Waals surface area contributed by atoms with Crippen LogP contribution in [-0.4, -0.2) is 36.2 Å². The minimum atomic E-state index is -0.438. The number of hydrogen-bond acceptors (Lipinski definition) is 4. The number of nitrogens with two attached hydrogens (primary N) is 1. The number of nitrogen functional groups attached to an aromatic ring is 1. The number of nitrogens with zero attached hydrogens (tertiary/aromatic N) is 1. The van der Waals surface area contributed by atoms with E-state index in [9.17, 15) is 4.79 Å². The molecule has 0 aromatic heterocycles. The van der Waals surface area contributed by atoms with Crippen molar-refractivity contribution in [1.29, 1.82) is 0 Å². The summed E-state index contributed by atoms with van der Waals surface area (Å²) in [5, 5.41) is 3.41.